The van der Waals surface area contributed by atoms with Crippen LogP contribution < -0.4 is 0 Å². The fraction of sp³-hybridized carbons (Fsp3) is 0.308. The lowest BCUT2D eigenvalue weighted by atomic mass is 10.1. The third-order valence-corrected chi connectivity index (χ3v) is 2.93. The fourth-order valence-electron chi connectivity index (χ4n) is 1.68. The summed E-state index contributed by atoms with van der Waals surface area (Å²) in [5.41, 5.74) is 1.05. The summed E-state index contributed by atoms with van der Waals surface area (Å²) >= 11 is 0. The van der Waals surface area contributed by atoms with Crippen molar-refractivity contribution in [3.8, 4) is 11.3 Å². The summed E-state index contributed by atoms with van der Waals surface area (Å²) in [6, 6.07) is 7.04. The molecule has 0 fully saturated rings. The van der Waals surface area contributed by atoms with Crippen molar-refractivity contribution < 1.29 is 27.6 Å². The first-order valence-electron chi connectivity index (χ1n) is 5.92. The lowest BCUT2D eigenvalue weighted by molar-refractivity contribution is -0.206. The number of hydrogen-bond donors (Lipinski definition) is 1. The summed E-state index contributed by atoms with van der Waals surface area (Å²) in [6.07, 6.45) is -5.55. The molecule has 1 unspecified atom stereocenters. The molecule has 1 aromatic carbocycles. The molecule has 0 aliphatic carbocycles. The molecule has 1 atom stereocenters. The molecule has 2 aromatic rings. The van der Waals surface area contributed by atoms with E-state index in [0.717, 1.165) is 6.07 Å². The monoisotopic (exact) mass is 302 g/mol. The van der Waals surface area contributed by atoms with E-state index in [1.165, 1.54) is 12.2 Å². The van der Waals surface area contributed by atoms with Crippen molar-refractivity contribution in [2.45, 2.75) is 12.4 Å². The molecule has 1 N–H and O–H groups in total. The van der Waals surface area contributed by atoms with Crippen molar-refractivity contribution >= 4 is 0 Å². The molecule has 5 nitrogen and oxygen atoms in total. The second-order valence-electron chi connectivity index (χ2n) is 4.30. The molecular weight excluding hydrogens is 289 g/mol. The van der Waals surface area contributed by atoms with E-state index in [1.807, 2.05) is 0 Å². The SMILES string of the molecule is CON(C)C(O)c1ccc(-c2cc(C(F)(F)F)on2)cc1. The van der Waals surface area contributed by atoms with Gasteiger partial charge in [0, 0.05) is 18.7 Å². The van der Waals surface area contributed by atoms with Crippen LogP contribution in [0.3, 0.4) is 0 Å². The molecule has 114 valence electrons. The zero-order chi connectivity index (χ0) is 15.6. The zero-order valence-electron chi connectivity index (χ0n) is 11.3. The second-order valence-corrected chi connectivity index (χ2v) is 4.30. The first-order valence-corrected chi connectivity index (χ1v) is 5.92. The van der Waals surface area contributed by atoms with E-state index in [4.69, 9.17) is 4.84 Å². The van der Waals surface area contributed by atoms with Gasteiger partial charge in [-0.25, -0.2) is 0 Å². The molecule has 0 amide bonds. The topological polar surface area (TPSA) is 58.7 Å². The van der Waals surface area contributed by atoms with Gasteiger partial charge in [0.15, 0.2) is 6.23 Å². The van der Waals surface area contributed by atoms with Gasteiger partial charge in [-0.3, -0.25) is 4.84 Å². The number of benzene rings is 1. The van der Waals surface area contributed by atoms with E-state index < -0.39 is 18.2 Å². The molecule has 0 bridgehead atoms. The maximum absolute atomic E-state index is 12.4. The Hall–Kier alpha value is -1.90. The minimum absolute atomic E-state index is 0.0726. The molecule has 0 aliphatic heterocycles. The number of nitrogens with zero attached hydrogens (tertiary/aromatic N) is 2. The van der Waals surface area contributed by atoms with Crippen LogP contribution in [-0.4, -0.2) is 29.5 Å². The third-order valence-electron chi connectivity index (χ3n) is 2.93. The van der Waals surface area contributed by atoms with E-state index in [9.17, 15) is 18.3 Å². The molecule has 0 spiro atoms. The van der Waals surface area contributed by atoms with E-state index >= 15 is 0 Å². The van der Waals surface area contributed by atoms with Gasteiger partial charge in [0.2, 0.25) is 5.76 Å². The van der Waals surface area contributed by atoms with Gasteiger partial charge in [-0.15, -0.1) is 0 Å². The Morgan fingerprint density at radius 3 is 2.38 bits per heavy atom. The molecule has 1 aromatic heterocycles. The van der Waals surface area contributed by atoms with E-state index in [1.54, 1.807) is 31.3 Å². The molecule has 8 heteroatoms. The number of alkyl halides is 3. The second kappa shape index (κ2) is 5.84. The molecule has 1 heterocycles. The summed E-state index contributed by atoms with van der Waals surface area (Å²) in [5, 5.41) is 14.5. The number of rotatable bonds is 4. The van der Waals surface area contributed by atoms with Crippen molar-refractivity contribution in [2.75, 3.05) is 14.2 Å². The highest BCUT2D eigenvalue weighted by atomic mass is 19.4. The Morgan fingerprint density at radius 2 is 1.90 bits per heavy atom. The molecule has 0 radical (unpaired) electrons. The summed E-state index contributed by atoms with van der Waals surface area (Å²) in [6.45, 7) is 0. The van der Waals surface area contributed by atoms with Crippen LogP contribution in [0.25, 0.3) is 11.3 Å². The first-order chi connectivity index (χ1) is 9.82. The highest BCUT2D eigenvalue weighted by molar-refractivity contribution is 5.59. The van der Waals surface area contributed by atoms with Gasteiger partial charge in [-0.05, 0) is 5.56 Å². The number of hydroxylamine groups is 2. The van der Waals surface area contributed by atoms with Crippen LogP contribution in [0.5, 0.6) is 0 Å². The van der Waals surface area contributed by atoms with Crippen LogP contribution in [0.15, 0.2) is 34.9 Å². The number of halogens is 3. The maximum atomic E-state index is 12.4. The van der Waals surface area contributed by atoms with Crippen LogP contribution >= 0.6 is 0 Å². The summed E-state index contributed by atoms with van der Waals surface area (Å²) < 4.78 is 41.5. The van der Waals surface area contributed by atoms with Crippen LogP contribution in [-0.2, 0) is 11.0 Å². The lowest BCUT2D eigenvalue weighted by Gasteiger charge is -2.20. The van der Waals surface area contributed by atoms with Crippen LogP contribution in [0.2, 0.25) is 0 Å². The van der Waals surface area contributed by atoms with Crippen LogP contribution in [0, 0.1) is 0 Å². The third kappa shape index (κ3) is 3.41. The Kier molecular flexibility index (Phi) is 4.31. The zero-order valence-corrected chi connectivity index (χ0v) is 11.3. The normalized spacial score (nSPS) is 13.7. The molecule has 0 aliphatic rings. The largest absolute Gasteiger partial charge is 0.452 e. The van der Waals surface area contributed by atoms with Gasteiger partial charge in [0.05, 0.1) is 7.11 Å². The summed E-state index contributed by atoms with van der Waals surface area (Å²) in [7, 11) is 2.96. The first kappa shape index (κ1) is 15.5. The predicted octanol–water partition coefficient (Wildman–Crippen LogP) is 2.84. The Bertz CT molecular complexity index is 595. The predicted molar refractivity (Wildman–Crippen MR) is 66.7 cm³/mol. The number of hydrogen-bond acceptors (Lipinski definition) is 5. The van der Waals surface area contributed by atoms with Gasteiger partial charge in [-0.1, -0.05) is 29.4 Å². The highest BCUT2D eigenvalue weighted by Crippen LogP contribution is 2.32. The minimum atomic E-state index is -4.57. The standard InChI is InChI=1S/C13H13F3N2O3/c1-18(20-2)12(19)9-5-3-8(4-6-9)10-7-11(21-17-10)13(14,15)16/h3-7,12,19H,1-2H3. The van der Waals surface area contributed by atoms with Crippen molar-refractivity contribution in [2.24, 2.45) is 0 Å². The Balaban J connectivity index is 2.21. The maximum Gasteiger partial charge on any atom is 0.452 e. The fourth-order valence-corrected chi connectivity index (χ4v) is 1.68. The average Bonchev–Trinajstić information content (AvgIpc) is 2.95. The van der Waals surface area contributed by atoms with E-state index in [2.05, 4.69) is 9.68 Å². The van der Waals surface area contributed by atoms with Gasteiger partial charge < -0.3 is 9.63 Å². The average molecular weight is 302 g/mol. The van der Waals surface area contributed by atoms with Crippen molar-refractivity contribution in [3.63, 3.8) is 0 Å². The summed E-state index contributed by atoms with van der Waals surface area (Å²) in [5.74, 6) is -1.15. The molecule has 2 rings (SSSR count). The highest BCUT2D eigenvalue weighted by Gasteiger charge is 2.36. The van der Waals surface area contributed by atoms with Crippen LogP contribution in [0.4, 0.5) is 13.2 Å². The van der Waals surface area contributed by atoms with Gasteiger partial charge >= 0.3 is 6.18 Å². The molecule has 0 saturated heterocycles. The van der Waals surface area contributed by atoms with E-state index in [-0.39, 0.29) is 5.69 Å². The smallest absolute Gasteiger partial charge is 0.372 e. The van der Waals surface area contributed by atoms with E-state index in [0.29, 0.717) is 11.1 Å². The Labute approximate surface area is 118 Å². The molecule has 21 heavy (non-hydrogen) atoms. The Morgan fingerprint density at radius 1 is 1.29 bits per heavy atom. The van der Waals surface area contributed by atoms with Crippen molar-refractivity contribution in [1.29, 1.82) is 0 Å². The number of aliphatic hydroxyl groups is 1. The summed E-state index contributed by atoms with van der Waals surface area (Å²) in [4.78, 5) is 4.85. The van der Waals surface area contributed by atoms with Gasteiger partial charge in [0.1, 0.15) is 5.69 Å². The number of aromatic nitrogens is 1. The number of aliphatic hydroxyl groups excluding tert-OH is 1. The van der Waals surface area contributed by atoms with Crippen molar-refractivity contribution in [3.05, 3.63) is 41.7 Å². The molecular formula is C13H13F3N2O3. The van der Waals surface area contributed by atoms with Gasteiger partial charge in [-0.2, -0.15) is 18.2 Å². The van der Waals surface area contributed by atoms with Gasteiger partial charge in [0.25, 0.3) is 0 Å². The van der Waals surface area contributed by atoms with Crippen LogP contribution in [0.1, 0.15) is 17.6 Å². The minimum Gasteiger partial charge on any atom is -0.372 e. The molecule has 0 saturated carbocycles. The quantitative estimate of drug-likeness (QED) is 0.695. The lowest BCUT2D eigenvalue weighted by Crippen LogP contribution is -2.22. The van der Waals surface area contributed by atoms with Crippen molar-refractivity contribution in [1.82, 2.24) is 10.2 Å².